The highest BCUT2D eigenvalue weighted by Crippen LogP contribution is 2.44. The Morgan fingerprint density at radius 3 is 2.72 bits per heavy atom. The summed E-state index contributed by atoms with van der Waals surface area (Å²) in [6, 6.07) is 8.61. The Balaban J connectivity index is 1.43. The molecule has 12 heteroatoms. The molecule has 0 amide bonds. The van der Waals surface area contributed by atoms with Crippen LogP contribution in [0.2, 0.25) is 0 Å². The van der Waals surface area contributed by atoms with Crippen LogP contribution >= 0.6 is 7.52 Å². The minimum Gasteiger partial charge on any atom is -0.431 e. The molecule has 3 atom stereocenters. The quantitative estimate of drug-likeness (QED) is 0.432. The molecule has 1 aromatic carbocycles. The van der Waals surface area contributed by atoms with Crippen LogP contribution in [0.5, 0.6) is 5.75 Å². The molecular formula is C20H27N6O5P. The Bertz CT molecular complexity index is 1070. The number of hydrogen-bond acceptors (Lipinski definition) is 9. The molecule has 3 N–H and O–H groups in total. The number of nitrogen functional groups attached to an aromatic ring is 1. The predicted molar refractivity (Wildman–Crippen MR) is 118 cm³/mol. The molecule has 1 aliphatic heterocycles. The lowest BCUT2D eigenvalue weighted by Crippen LogP contribution is -2.38. The van der Waals surface area contributed by atoms with E-state index in [2.05, 4.69) is 20.0 Å². The van der Waals surface area contributed by atoms with Crippen LogP contribution in [0.3, 0.4) is 0 Å². The summed E-state index contributed by atoms with van der Waals surface area (Å²) in [4.78, 5) is 12.4. The van der Waals surface area contributed by atoms with Gasteiger partial charge in [-0.2, -0.15) is 0 Å². The molecular weight excluding hydrogens is 435 g/mol. The zero-order valence-corrected chi connectivity index (χ0v) is 18.9. The average Bonchev–Trinajstić information content (AvgIpc) is 3.45. The highest BCUT2D eigenvalue weighted by Gasteiger charge is 2.33. The van der Waals surface area contributed by atoms with Crippen molar-refractivity contribution in [1.29, 1.82) is 0 Å². The maximum atomic E-state index is 13.7. The summed E-state index contributed by atoms with van der Waals surface area (Å²) in [6.45, 7) is 5.14. The van der Waals surface area contributed by atoms with Gasteiger partial charge in [0.2, 0.25) is 0 Å². The van der Waals surface area contributed by atoms with Crippen molar-refractivity contribution in [2.45, 2.75) is 38.8 Å². The van der Waals surface area contributed by atoms with Gasteiger partial charge in [-0.05, 0) is 26.0 Å². The van der Waals surface area contributed by atoms with Gasteiger partial charge in [0.15, 0.2) is 17.8 Å². The number of anilines is 1. The van der Waals surface area contributed by atoms with Crippen molar-refractivity contribution in [3.05, 3.63) is 43.0 Å². The number of aromatic nitrogens is 4. The first kappa shape index (κ1) is 22.6. The maximum Gasteiger partial charge on any atom is 0.342 e. The standard InChI is InChI=1S/C20H27N6O5P/c1-14(10-26-12-24-17-18(21)22-11-23-19(17)26)30-13-32(27,31-16-6-4-3-5-7-16)25-15(2)20-28-8-9-29-20/h3-7,11-12,14-15,20H,8-10,13H2,1-2H3,(H,25,27)(H2,21,22,23). The Hall–Kier alpha value is -2.56. The summed E-state index contributed by atoms with van der Waals surface area (Å²) >= 11 is 0. The van der Waals surface area contributed by atoms with E-state index in [4.69, 9.17) is 24.5 Å². The molecule has 172 valence electrons. The number of ether oxygens (including phenoxy) is 3. The minimum atomic E-state index is -3.45. The van der Waals surface area contributed by atoms with E-state index in [-0.39, 0.29) is 18.5 Å². The van der Waals surface area contributed by atoms with Crippen molar-refractivity contribution in [2.24, 2.45) is 0 Å². The van der Waals surface area contributed by atoms with Crippen molar-refractivity contribution in [1.82, 2.24) is 24.6 Å². The third kappa shape index (κ3) is 5.43. The van der Waals surface area contributed by atoms with Crippen molar-refractivity contribution in [3.63, 3.8) is 0 Å². The molecule has 0 spiro atoms. The summed E-state index contributed by atoms with van der Waals surface area (Å²) in [5.74, 6) is 0.797. The summed E-state index contributed by atoms with van der Waals surface area (Å²) < 4.78 is 38.3. The number of para-hydroxylation sites is 1. The number of hydrogen-bond donors (Lipinski definition) is 2. The van der Waals surface area contributed by atoms with Crippen LogP contribution in [0.15, 0.2) is 43.0 Å². The monoisotopic (exact) mass is 462 g/mol. The van der Waals surface area contributed by atoms with Crippen LogP contribution in [-0.2, 0) is 25.3 Å². The van der Waals surface area contributed by atoms with E-state index in [1.54, 1.807) is 18.5 Å². The second-order valence-electron chi connectivity index (χ2n) is 7.54. The SMILES string of the molecule is CC(Cn1cnc2c(N)ncnc21)OCP(=O)(NC(C)C1OCCO1)Oc1ccccc1. The third-order valence-corrected chi connectivity index (χ3v) is 6.66. The predicted octanol–water partition coefficient (Wildman–Crippen LogP) is 2.39. The van der Waals surface area contributed by atoms with Gasteiger partial charge >= 0.3 is 7.52 Å². The van der Waals surface area contributed by atoms with Gasteiger partial charge in [0.1, 0.15) is 23.9 Å². The molecule has 32 heavy (non-hydrogen) atoms. The fourth-order valence-electron chi connectivity index (χ4n) is 3.37. The van der Waals surface area contributed by atoms with Crippen molar-refractivity contribution in [3.8, 4) is 5.75 Å². The number of nitrogens with one attached hydrogen (secondary N) is 1. The molecule has 0 bridgehead atoms. The van der Waals surface area contributed by atoms with Crippen LogP contribution in [0.25, 0.3) is 11.2 Å². The molecule has 4 rings (SSSR count). The normalized spacial score (nSPS) is 18.4. The molecule has 0 radical (unpaired) electrons. The number of benzene rings is 1. The number of nitrogens with two attached hydrogens (primary N) is 1. The number of imidazole rings is 1. The van der Waals surface area contributed by atoms with Crippen molar-refractivity contribution < 1.29 is 23.3 Å². The Labute approximate surface area is 185 Å². The lowest BCUT2D eigenvalue weighted by Gasteiger charge is -2.27. The molecule has 1 fully saturated rings. The van der Waals surface area contributed by atoms with Crippen molar-refractivity contribution in [2.75, 3.05) is 25.3 Å². The lowest BCUT2D eigenvalue weighted by molar-refractivity contribution is -0.0592. The van der Waals surface area contributed by atoms with Gasteiger partial charge in [-0.15, -0.1) is 0 Å². The largest absolute Gasteiger partial charge is 0.431 e. The van der Waals surface area contributed by atoms with Gasteiger partial charge in [-0.3, -0.25) is 4.57 Å². The van der Waals surface area contributed by atoms with Gasteiger partial charge < -0.3 is 29.0 Å². The van der Waals surface area contributed by atoms with Crippen LogP contribution in [0.1, 0.15) is 13.8 Å². The molecule has 0 aliphatic carbocycles. The second kappa shape index (κ2) is 9.93. The first-order valence-electron chi connectivity index (χ1n) is 10.3. The van der Waals surface area contributed by atoms with E-state index in [0.717, 1.165) is 0 Å². The van der Waals surface area contributed by atoms with Gasteiger partial charge in [0, 0.05) is 0 Å². The van der Waals surface area contributed by atoms with Gasteiger partial charge in [0.05, 0.1) is 38.2 Å². The zero-order valence-electron chi connectivity index (χ0n) is 18.0. The van der Waals surface area contributed by atoms with Crippen molar-refractivity contribution >= 4 is 24.5 Å². The van der Waals surface area contributed by atoms with E-state index < -0.39 is 13.8 Å². The molecule has 1 aliphatic rings. The first-order chi connectivity index (χ1) is 15.4. The smallest absolute Gasteiger partial charge is 0.342 e. The Morgan fingerprint density at radius 2 is 1.97 bits per heavy atom. The van der Waals surface area contributed by atoms with Gasteiger partial charge in [-0.25, -0.2) is 20.0 Å². The van der Waals surface area contributed by atoms with E-state index in [1.165, 1.54) is 6.33 Å². The van der Waals surface area contributed by atoms with Gasteiger partial charge in [0.25, 0.3) is 0 Å². The summed E-state index contributed by atoms with van der Waals surface area (Å²) in [7, 11) is -3.45. The van der Waals surface area contributed by atoms with Crippen LogP contribution in [0.4, 0.5) is 5.82 Å². The summed E-state index contributed by atoms with van der Waals surface area (Å²) in [5.41, 5.74) is 6.99. The van der Waals surface area contributed by atoms with E-state index in [9.17, 15) is 4.57 Å². The fraction of sp³-hybridized carbons (Fsp3) is 0.450. The molecule has 2 aromatic heterocycles. The zero-order chi connectivity index (χ0) is 22.6. The lowest BCUT2D eigenvalue weighted by atomic mass is 10.3. The highest BCUT2D eigenvalue weighted by atomic mass is 31.2. The van der Waals surface area contributed by atoms with E-state index in [1.807, 2.05) is 36.6 Å². The van der Waals surface area contributed by atoms with Crippen LogP contribution in [-0.4, -0.2) is 57.5 Å². The molecule has 3 aromatic rings. The number of rotatable bonds is 10. The van der Waals surface area contributed by atoms with Crippen LogP contribution < -0.4 is 15.3 Å². The van der Waals surface area contributed by atoms with Gasteiger partial charge in [-0.1, -0.05) is 18.2 Å². The number of nitrogens with zero attached hydrogens (tertiary/aromatic N) is 4. The molecule has 3 heterocycles. The Kier molecular flexibility index (Phi) is 7.02. The minimum absolute atomic E-state index is 0.149. The molecule has 1 saturated heterocycles. The van der Waals surface area contributed by atoms with E-state index in [0.29, 0.717) is 42.5 Å². The van der Waals surface area contributed by atoms with Crippen LogP contribution in [0, 0.1) is 0 Å². The first-order valence-corrected chi connectivity index (χ1v) is 12.1. The molecule has 11 nitrogen and oxygen atoms in total. The second-order valence-corrected chi connectivity index (χ2v) is 9.59. The average molecular weight is 462 g/mol. The molecule has 3 unspecified atom stereocenters. The molecule has 0 saturated carbocycles. The summed E-state index contributed by atoms with van der Waals surface area (Å²) in [6.07, 6.45) is 2.06. The number of fused-ring (bicyclic) bond motifs is 1. The fourth-order valence-corrected chi connectivity index (χ4v) is 5.20. The highest BCUT2D eigenvalue weighted by molar-refractivity contribution is 7.57. The maximum absolute atomic E-state index is 13.7. The third-order valence-electron chi connectivity index (χ3n) is 4.86. The summed E-state index contributed by atoms with van der Waals surface area (Å²) in [5, 5.41) is 3.04. The topological polar surface area (TPSA) is 136 Å². The Morgan fingerprint density at radius 1 is 1.22 bits per heavy atom. The van der Waals surface area contributed by atoms with E-state index >= 15 is 0 Å².